The lowest BCUT2D eigenvalue weighted by atomic mass is 9.76. The first-order chi connectivity index (χ1) is 7.12. The summed E-state index contributed by atoms with van der Waals surface area (Å²) < 4.78 is 10.8. The Bertz CT molecular complexity index is 335. The van der Waals surface area contributed by atoms with Crippen LogP contribution in [-0.2, 0) is 14.9 Å². The molecular weight excluding hydrogens is 190 g/mol. The molecule has 2 N–H and O–H groups in total. The van der Waals surface area contributed by atoms with Crippen LogP contribution in [0, 0.1) is 0 Å². The van der Waals surface area contributed by atoms with Gasteiger partial charge in [0.05, 0.1) is 5.41 Å². The summed E-state index contributed by atoms with van der Waals surface area (Å²) >= 11 is 0. The highest BCUT2D eigenvalue weighted by atomic mass is 16.9. The van der Waals surface area contributed by atoms with Crippen molar-refractivity contribution in [3.8, 4) is 0 Å². The van der Waals surface area contributed by atoms with Crippen molar-refractivity contribution >= 4 is 0 Å². The number of rotatable bonds is 3. The summed E-state index contributed by atoms with van der Waals surface area (Å²) in [5, 5.41) is 0. The molecule has 1 fully saturated rings. The molecule has 3 nitrogen and oxygen atoms in total. The van der Waals surface area contributed by atoms with E-state index in [2.05, 4.69) is 26.0 Å². The van der Waals surface area contributed by atoms with Crippen LogP contribution in [-0.4, -0.2) is 12.7 Å². The fourth-order valence-corrected chi connectivity index (χ4v) is 1.96. The standard InChI is InChI=1S/C12H17NO2/c1-3-11(2,12(13)14-9-15-12)10-7-5-4-6-8-10/h4-8H,3,9,13H2,1-2H3. The molecule has 82 valence electrons. The Kier molecular flexibility index (Phi) is 2.54. The molecule has 15 heavy (non-hydrogen) atoms. The fourth-order valence-electron chi connectivity index (χ4n) is 1.96. The van der Waals surface area contributed by atoms with Gasteiger partial charge in [-0.25, -0.2) is 0 Å². The molecule has 1 aromatic carbocycles. The van der Waals surface area contributed by atoms with Gasteiger partial charge in [0, 0.05) is 0 Å². The van der Waals surface area contributed by atoms with Gasteiger partial charge in [0.15, 0.2) is 6.79 Å². The minimum Gasteiger partial charge on any atom is -0.310 e. The summed E-state index contributed by atoms with van der Waals surface area (Å²) in [5.41, 5.74) is 6.93. The largest absolute Gasteiger partial charge is 0.310 e. The highest BCUT2D eigenvalue weighted by Gasteiger charge is 2.52. The Labute approximate surface area is 90.2 Å². The molecule has 0 radical (unpaired) electrons. The van der Waals surface area contributed by atoms with Gasteiger partial charge in [-0.05, 0) is 18.9 Å². The molecule has 1 unspecified atom stereocenters. The van der Waals surface area contributed by atoms with E-state index in [1.807, 2.05) is 18.2 Å². The first-order valence-electron chi connectivity index (χ1n) is 5.25. The zero-order valence-corrected chi connectivity index (χ0v) is 9.19. The molecule has 3 heteroatoms. The molecule has 1 aromatic rings. The SMILES string of the molecule is CCC(C)(c1ccccc1)C1(N)OCO1. The normalized spacial score (nSPS) is 22.9. The van der Waals surface area contributed by atoms with E-state index in [4.69, 9.17) is 15.2 Å². The summed E-state index contributed by atoms with van der Waals surface area (Å²) in [6, 6.07) is 10.1. The Morgan fingerprint density at radius 2 is 1.93 bits per heavy atom. The van der Waals surface area contributed by atoms with Gasteiger partial charge in [-0.1, -0.05) is 37.3 Å². The van der Waals surface area contributed by atoms with E-state index in [0.29, 0.717) is 6.79 Å². The smallest absolute Gasteiger partial charge is 0.238 e. The van der Waals surface area contributed by atoms with Crippen LogP contribution in [0.4, 0.5) is 0 Å². The van der Waals surface area contributed by atoms with E-state index < -0.39 is 5.91 Å². The van der Waals surface area contributed by atoms with Crippen LogP contribution < -0.4 is 5.73 Å². The Morgan fingerprint density at radius 3 is 2.33 bits per heavy atom. The van der Waals surface area contributed by atoms with Gasteiger partial charge in [-0.2, -0.15) is 0 Å². The molecule has 0 spiro atoms. The minimum absolute atomic E-state index is 0.291. The van der Waals surface area contributed by atoms with Gasteiger partial charge >= 0.3 is 0 Å². The first kappa shape index (κ1) is 10.6. The zero-order valence-electron chi connectivity index (χ0n) is 9.19. The second-order valence-corrected chi connectivity index (χ2v) is 4.13. The van der Waals surface area contributed by atoms with Gasteiger partial charge in [-0.15, -0.1) is 0 Å². The van der Waals surface area contributed by atoms with E-state index in [1.54, 1.807) is 0 Å². The number of nitrogens with two attached hydrogens (primary N) is 1. The monoisotopic (exact) mass is 207 g/mol. The third-order valence-corrected chi connectivity index (χ3v) is 3.43. The molecule has 0 amide bonds. The van der Waals surface area contributed by atoms with Gasteiger partial charge in [0.2, 0.25) is 5.91 Å². The Balaban J connectivity index is 2.37. The van der Waals surface area contributed by atoms with Crippen molar-refractivity contribution in [3.05, 3.63) is 35.9 Å². The number of benzene rings is 1. The number of ether oxygens (including phenoxy) is 2. The second-order valence-electron chi connectivity index (χ2n) is 4.13. The minimum atomic E-state index is -0.969. The van der Waals surface area contributed by atoms with Crippen molar-refractivity contribution in [2.75, 3.05) is 6.79 Å². The van der Waals surface area contributed by atoms with Gasteiger partial charge < -0.3 is 9.47 Å². The van der Waals surface area contributed by atoms with Crippen LogP contribution in [0.1, 0.15) is 25.8 Å². The van der Waals surface area contributed by atoms with E-state index in [1.165, 1.54) is 0 Å². The lowest BCUT2D eigenvalue weighted by molar-refractivity contribution is -0.421. The van der Waals surface area contributed by atoms with Gasteiger partial charge in [0.1, 0.15) is 0 Å². The van der Waals surface area contributed by atoms with Crippen LogP contribution in [0.5, 0.6) is 0 Å². The maximum atomic E-state index is 6.08. The summed E-state index contributed by atoms with van der Waals surface area (Å²) in [4.78, 5) is 0. The van der Waals surface area contributed by atoms with Crippen molar-refractivity contribution in [3.63, 3.8) is 0 Å². The van der Waals surface area contributed by atoms with Crippen LogP contribution >= 0.6 is 0 Å². The van der Waals surface area contributed by atoms with Crippen molar-refractivity contribution in [1.82, 2.24) is 0 Å². The molecule has 0 bridgehead atoms. The van der Waals surface area contributed by atoms with Crippen LogP contribution in [0.15, 0.2) is 30.3 Å². The molecule has 1 aliphatic rings. The third-order valence-electron chi connectivity index (χ3n) is 3.43. The molecule has 1 saturated heterocycles. The zero-order chi connectivity index (χ0) is 10.9. The average Bonchev–Trinajstić information content (AvgIpc) is 2.26. The lowest BCUT2D eigenvalue weighted by Crippen LogP contribution is -2.66. The van der Waals surface area contributed by atoms with E-state index >= 15 is 0 Å². The van der Waals surface area contributed by atoms with Gasteiger partial charge in [0.25, 0.3) is 0 Å². The summed E-state index contributed by atoms with van der Waals surface area (Å²) in [7, 11) is 0. The molecule has 1 atom stereocenters. The molecule has 1 heterocycles. The molecule has 0 aliphatic carbocycles. The van der Waals surface area contributed by atoms with Crippen molar-refractivity contribution < 1.29 is 9.47 Å². The van der Waals surface area contributed by atoms with E-state index in [9.17, 15) is 0 Å². The van der Waals surface area contributed by atoms with Crippen LogP contribution in [0.25, 0.3) is 0 Å². The summed E-state index contributed by atoms with van der Waals surface area (Å²) in [6.07, 6.45) is 0.869. The van der Waals surface area contributed by atoms with E-state index in [0.717, 1.165) is 12.0 Å². The summed E-state index contributed by atoms with van der Waals surface area (Å²) in [6.45, 7) is 4.45. The second kappa shape index (κ2) is 3.59. The summed E-state index contributed by atoms with van der Waals surface area (Å²) in [5.74, 6) is -0.969. The number of hydrogen-bond acceptors (Lipinski definition) is 3. The first-order valence-corrected chi connectivity index (χ1v) is 5.25. The maximum absolute atomic E-state index is 6.08. The predicted molar refractivity (Wildman–Crippen MR) is 58.0 cm³/mol. The fraction of sp³-hybridized carbons (Fsp3) is 0.500. The van der Waals surface area contributed by atoms with Gasteiger partial charge in [-0.3, -0.25) is 5.73 Å². The number of hydrogen-bond donors (Lipinski definition) is 1. The Hall–Kier alpha value is -0.900. The highest BCUT2D eigenvalue weighted by molar-refractivity contribution is 5.27. The van der Waals surface area contributed by atoms with Crippen LogP contribution in [0.3, 0.4) is 0 Å². The average molecular weight is 207 g/mol. The van der Waals surface area contributed by atoms with Crippen LogP contribution in [0.2, 0.25) is 0 Å². The Morgan fingerprint density at radius 1 is 1.33 bits per heavy atom. The molecule has 1 aliphatic heterocycles. The van der Waals surface area contributed by atoms with Crippen molar-refractivity contribution in [2.24, 2.45) is 5.73 Å². The molecular formula is C12H17NO2. The third kappa shape index (κ3) is 1.47. The topological polar surface area (TPSA) is 44.5 Å². The van der Waals surface area contributed by atoms with Crippen molar-refractivity contribution in [1.29, 1.82) is 0 Å². The molecule has 0 aromatic heterocycles. The predicted octanol–water partition coefficient (Wildman–Crippen LogP) is 1.97. The van der Waals surface area contributed by atoms with Crippen molar-refractivity contribution in [2.45, 2.75) is 31.6 Å². The van der Waals surface area contributed by atoms with E-state index in [-0.39, 0.29) is 5.41 Å². The maximum Gasteiger partial charge on any atom is 0.238 e. The highest BCUT2D eigenvalue weighted by Crippen LogP contribution is 2.42. The lowest BCUT2D eigenvalue weighted by Gasteiger charge is -2.50. The molecule has 2 rings (SSSR count). The molecule has 0 saturated carbocycles. The quantitative estimate of drug-likeness (QED) is 0.824.